The molecule has 1 amide bonds. The Morgan fingerprint density at radius 3 is 2.48 bits per heavy atom. The van der Waals surface area contributed by atoms with Gasteiger partial charge in [0.25, 0.3) is 0 Å². The lowest BCUT2D eigenvalue weighted by Crippen LogP contribution is -2.42. The highest BCUT2D eigenvalue weighted by Gasteiger charge is 2.28. The first-order chi connectivity index (χ1) is 13.9. The van der Waals surface area contributed by atoms with Gasteiger partial charge in [-0.2, -0.15) is 0 Å². The van der Waals surface area contributed by atoms with Gasteiger partial charge in [0.2, 0.25) is 0 Å². The van der Waals surface area contributed by atoms with E-state index >= 15 is 0 Å². The van der Waals surface area contributed by atoms with Gasteiger partial charge >= 0.3 is 6.09 Å². The smallest absolute Gasteiger partial charge is 0.410 e. The Labute approximate surface area is 173 Å². The second-order valence-electron chi connectivity index (χ2n) is 9.52. The number of piperidine rings is 1. The molecular formula is C23H34N4O2. The summed E-state index contributed by atoms with van der Waals surface area (Å²) in [6.07, 6.45) is 4.43. The number of carbonyl (C=O) groups excluding carboxylic acids is 1. The second-order valence-corrected chi connectivity index (χ2v) is 9.52. The number of fused-ring (bicyclic) bond motifs is 1. The summed E-state index contributed by atoms with van der Waals surface area (Å²) < 4.78 is 7.97. The summed E-state index contributed by atoms with van der Waals surface area (Å²) in [6.45, 7) is 11.6. The maximum absolute atomic E-state index is 12.3. The maximum Gasteiger partial charge on any atom is 0.410 e. The SMILES string of the molecule is CC(C)(C)OC(=O)N1CCC(Cn2c(CN3CCCC3)nc3ccccc32)CC1. The van der Waals surface area contributed by atoms with Crippen molar-refractivity contribution in [2.24, 2.45) is 5.92 Å². The van der Waals surface area contributed by atoms with Crippen molar-refractivity contribution in [1.82, 2.24) is 19.4 Å². The van der Waals surface area contributed by atoms with Crippen LogP contribution in [0.15, 0.2) is 24.3 Å². The quantitative estimate of drug-likeness (QED) is 0.771. The van der Waals surface area contributed by atoms with Crippen LogP contribution in [0.3, 0.4) is 0 Å². The van der Waals surface area contributed by atoms with E-state index in [0.29, 0.717) is 5.92 Å². The molecule has 0 saturated carbocycles. The van der Waals surface area contributed by atoms with Crippen molar-refractivity contribution in [1.29, 1.82) is 0 Å². The highest BCUT2D eigenvalue weighted by Crippen LogP contribution is 2.25. The number of carbonyl (C=O) groups is 1. The normalized spacial score (nSPS) is 19.2. The van der Waals surface area contributed by atoms with Crippen molar-refractivity contribution in [3.63, 3.8) is 0 Å². The lowest BCUT2D eigenvalue weighted by Gasteiger charge is -2.34. The molecular weight excluding hydrogens is 364 g/mol. The molecule has 2 aromatic rings. The van der Waals surface area contributed by atoms with Crippen LogP contribution < -0.4 is 0 Å². The van der Waals surface area contributed by atoms with Crippen molar-refractivity contribution < 1.29 is 9.53 Å². The zero-order valence-corrected chi connectivity index (χ0v) is 18.1. The van der Waals surface area contributed by atoms with E-state index in [1.165, 1.54) is 37.3 Å². The van der Waals surface area contributed by atoms with Crippen LogP contribution in [0.5, 0.6) is 0 Å². The number of para-hydroxylation sites is 2. The minimum absolute atomic E-state index is 0.182. The molecule has 2 saturated heterocycles. The highest BCUT2D eigenvalue weighted by atomic mass is 16.6. The predicted molar refractivity (Wildman–Crippen MR) is 115 cm³/mol. The van der Waals surface area contributed by atoms with Crippen LogP contribution in [-0.4, -0.2) is 57.2 Å². The second kappa shape index (κ2) is 8.34. The van der Waals surface area contributed by atoms with Gasteiger partial charge in [-0.25, -0.2) is 9.78 Å². The molecule has 2 aliphatic heterocycles. The number of rotatable bonds is 4. The van der Waals surface area contributed by atoms with Crippen LogP contribution in [0.2, 0.25) is 0 Å². The fraction of sp³-hybridized carbons (Fsp3) is 0.652. The Kier molecular flexibility index (Phi) is 5.81. The lowest BCUT2D eigenvalue weighted by molar-refractivity contribution is 0.0178. The molecule has 0 bridgehead atoms. The number of benzene rings is 1. The van der Waals surface area contributed by atoms with E-state index in [1.807, 2.05) is 25.7 Å². The number of likely N-dealkylation sites (tertiary alicyclic amines) is 2. The topological polar surface area (TPSA) is 50.6 Å². The number of amides is 1. The third-order valence-corrected chi connectivity index (χ3v) is 6.00. The Morgan fingerprint density at radius 2 is 1.79 bits per heavy atom. The first kappa shape index (κ1) is 20.2. The molecule has 29 heavy (non-hydrogen) atoms. The van der Waals surface area contributed by atoms with Gasteiger partial charge in [-0.05, 0) is 77.6 Å². The number of nitrogens with zero attached hydrogens (tertiary/aromatic N) is 4. The van der Waals surface area contributed by atoms with E-state index in [0.717, 1.165) is 44.5 Å². The van der Waals surface area contributed by atoms with Gasteiger partial charge in [0.05, 0.1) is 17.6 Å². The average Bonchev–Trinajstić information content (AvgIpc) is 3.30. The van der Waals surface area contributed by atoms with Crippen LogP contribution in [0.25, 0.3) is 11.0 Å². The van der Waals surface area contributed by atoms with Gasteiger partial charge in [0.1, 0.15) is 11.4 Å². The van der Waals surface area contributed by atoms with Crippen LogP contribution in [-0.2, 0) is 17.8 Å². The minimum Gasteiger partial charge on any atom is -0.444 e. The fourth-order valence-electron chi connectivity index (χ4n) is 4.47. The monoisotopic (exact) mass is 398 g/mol. The molecule has 0 spiro atoms. The Morgan fingerprint density at radius 1 is 1.10 bits per heavy atom. The largest absolute Gasteiger partial charge is 0.444 e. The molecule has 6 nitrogen and oxygen atoms in total. The van der Waals surface area contributed by atoms with Crippen LogP contribution in [0.4, 0.5) is 4.79 Å². The molecule has 2 aliphatic rings. The zero-order chi connectivity index (χ0) is 20.4. The zero-order valence-electron chi connectivity index (χ0n) is 18.1. The molecule has 0 radical (unpaired) electrons. The summed E-state index contributed by atoms with van der Waals surface area (Å²) in [6, 6.07) is 8.47. The first-order valence-electron chi connectivity index (χ1n) is 11.0. The number of hydrogen-bond acceptors (Lipinski definition) is 4. The van der Waals surface area contributed by atoms with Gasteiger partial charge in [0, 0.05) is 19.6 Å². The molecule has 0 atom stereocenters. The van der Waals surface area contributed by atoms with Crippen molar-refractivity contribution in [3.8, 4) is 0 Å². The Balaban J connectivity index is 1.43. The molecule has 6 heteroatoms. The van der Waals surface area contributed by atoms with Gasteiger partial charge in [-0.3, -0.25) is 4.90 Å². The summed E-state index contributed by atoms with van der Waals surface area (Å²) in [7, 11) is 0. The third kappa shape index (κ3) is 4.92. The number of aromatic nitrogens is 2. The highest BCUT2D eigenvalue weighted by molar-refractivity contribution is 5.75. The third-order valence-electron chi connectivity index (χ3n) is 6.00. The summed E-state index contributed by atoms with van der Waals surface area (Å²) in [5, 5.41) is 0. The molecule has 1 aromatic carbocycles. The minimum atomic E-state index is -0.436. The summed E-state index contributed by atoms with van der Waals surface area (Å²) in [5.74, 6) is 1.74. The predicted octanol–water partition coefficient (Wildman–Crippen LogP) is 4.28. The van der Waals surface area contributed by atoms with E-state index < -0.39 is 5.60 Å². The van der Waals surface area contributed by atoms with E-state index in [4.69, 9.17) is 9.72 Å². The Hall–Kier alpha value is -2.08. The standard InChI is InChI=1S/C23H34N4O2/c1-23(2,3)29-22(28)26-14-10-18(11-15-26)16-27-20-9-5-4-8-19(20)24-21(27)17-25-12-6-7-13-25/h4-5,8-9,18H,6-7,10-17H2,1-3H3. The fourth-order valence-corrected chi connectivity index (χ4v) is 4.47. The molecule has 0 N–H and O–H groups in total. The molecule has 3 heterocycles. The van der Waals surface area contributed by atoms with Crippen molar-refractivity contribution in [2.45, 2.75) is 65.1 Å². The average molecular weight is 399 g/mol. The van der Waals surface area contributed by atoms with Crippen LogP contribution in [0, 0.1) is 5.92 Å². The Bertz CT molecular complexity index is 840. The summed E-state index contributed by atoms with van der Waals surface area (Å²) >= 11 is 0. The molecule has 158 valence electrons. The lowest BCUT2D eigenvalue weighted by atomic mass is 9.97. The van der Waals surface area contributed by atoms with Gasteiger partial charge < -0.3 is 14.2 Å². The van der Waals surface area contributed by atoms with Crippen molar-refractivity contribution >= 4 is 17.1 Å². The van der Waals surface area contributed by atoms with Crippen molar-refractivity contribution in [2.75, 3.05) is 26.2 Å². The van der Waals surface area contributed by atoms with E-state index in [9.17, 15) is 4.79 Å². The molecule has 2 fully saturated rings. The molecule has 0 aliphatic carbocycles. The molecule has 0 unspecified atom stereocenters. The maximum atomic E-state index is 12.3. The van der Waals surface area contributed by atoms with Gasteiger partial charge in [-0.15, -0.1) is 0 Å². The van der Waals surface area contributed by atoms with Gasteiger partial charge in [-0.1, -0.05) is 12.1 Å². The van der Waals surface area contributed by atoms with E-state index in [1.54, 1.807) is 0 Å². The van der Waals surface area contributed by atoms with Crippen molar-refractivity contribution in [3.05, 3.63) is 30.1 Å². The van der Waals surface area contributed by atoms with Gasteiger partial charge in [0.15, 0.2) is 0 Å². The molecule has 4 rings (SSSR count). The van der Waals surface area contributed by atoms with E-state index in [-0.39, 0.29) is 6.09 Å². The van der Waals surface area contributed by atoms with Crippen LogP contribution >= 0.6 is 0 Å². The van der Waals surface area contributed by atoms with Crippen LogP contribution in [0.1, 0.15) is 52.3 Å². The number of ether oxygens (including phenoxy) is 1. The molecule has 1 aromatic heterocycles. The summed E-state index contributed by atoms with van der Waals surface area (Å²) in [4.78, 5) is 21.7. The number of imidazole rings is 1. The number of hydrogen-bond donors (Lipinski definition) is 0. The summed E-state index contributed by atoms with van der Waals surface area (Å²) in [5.41, 5.74) is 1.89. The van der Waals surface area contributed by atoms with E-state index in [2.05, 4.69) is 33.7 Å². The first-order valence-corrected chi connectivity index (χ1v) is 11.0.